The van der Waals surface area contributed by atoms with Crippen LogP contribution in [0.2, 0.25) is 0 Å². The predicted molar refractivity (Wildman–Crippen MR) is 129 cm³/mol. The second-order valence-corrected chi connectivity index (χ2v) is 9.62. The molecular formula is C28H36N2O. The van der Waals surface area contributed by atoms with Crippen LogP contribution in [0, 0.1) is 11.8 Å². The number of hydrogen-bond donors (Lipinski definition) is 1. The lowest BCUT2D eigenvalue weighted by Gasteiger charge is -2.30. The van der Waals surface area contributed by atoms with Gasteiger partial charge in [0.25, 0.3) is 0 Å². The van der Waals surface area contributed by atoms with Crippen LogP contribution in [0.15, 0.2) is 60.8 Å². The van der Waals surface area contributed by atoms with Gasteiger partial charge in [-0.1, -0.05) is 81.6 Å². The number of fused-ring (bicyclic) bond motifs is 1. The molecule has 3 nitrogen and oxygen atoms in total. The minimum Gasteiger partial charge on any atom is -0.356 e. The summed E-state index contributed by atoms with van der Waals surface area (Å²) in [6, 6.07) is 19.4. The Bertz CT molecular complexity index is 983. The number of aromatic nitrogens is 1. The fraction of sp³-hybridized carbons (Fsp3) is 0.464. The summed E-state index contributed by atoms with van der Waals surface area (Å²) in [4.78, 5) is 12.9. The van der Waals surface area contributed by atoms with E-state index in [0.29, 0.717) is 18.3 Å². The number of nitrogens with zero attached hydrogens (tertiary/aromatic N) is 1. The van der Waals surface area contributed by atoms with Crippen LogP contribution in [-0.4, -0.2) is 17.0 Å². The minimum absolute atomic E-state index is 0.198. The van der Waals surface area contributed by atoms with Crippen LogP contribution in [0.25, 0.3) is 10.9 Å². The van der Waals surface area contributed by atoms with Gasteiger partial charge in [0.1, 0.15) is 0 Å². The molecule has 1 aliphatic rings. The molecule has 0 bridgehead atoms. The van der Waals surface area contributed by atoms with Gasteiger partial charge in [-0.25, -0.2) is 0 Å². The third-order valence-electron chi connectivity index (χ3n) is 6.75. The van der Waals surface area contributed by atoms with E-state index in [4.69, 9.17) is 0 Å². The number of benzene rings is 2. The van der Waals surface area contributed by atoms with E-state index in [1.165, 1.54) is 54.1 Å². The van der Waals surface area contributed by atoms with Crippen LogP contribution >= 0.6 is 0 Å². The Balaban J connectivity index is 1.68. The zero-order valence-corrected chi connectivity index (χ0v) is 19.0. The molecule has 1 atom stereocenters. The van der Waals surface area contributed by atoms with Gasteiger partial charge < -0.3 is 9.88 Å². The highest BCUT2D eigenvalue weighted by Gasteiger charge is 2.29. The first-order valence-electron chi connectivity index (χ1n) is 12.0. The lowest BCUT2D eigenvalue weighted by Crippen LogP contribution is -2.30. The van der Waals surface area contributed by atoms with E-state index < -0.39 is 0 Å². The molecular weight excluding hydrogens is 380 g/mol. The summed E-state index contributed by atoms with van der Waals surface area (Å²) in [6.45, 7) is 5.91. The summed E-state index contributed by atoms with van der Waals surface area (Å²) in [6.07, 6.45) is 9.32. The standard InChI is InChI=1S/C28H36N2O/c1-21(2)18-29-28(31)17-25(23-13-7-4-8-14-23)26-20-30(19-22-11-5-3-6-12-22)27-16-10-9-15-24(26)27/h3,5-6,9-12,15-16,20-21,23,25H,4,7-8,13-14,17-19H2,1-2H3,(H,29,31)/t25-/m1/s1. The van der Waals surface area contributed by atoms with Crippen LogP contribution < -0.4 is 5.32 Å². The van der Waals surface area contributed by atoms with Gasteiger partial charge in [-0.05, 0) is 47.8 Å². The molecule has 1 saturated carbocycles. The summed E-state index contributed by atoms with van der Waals surface area (Å²) in [7, 11) is 0. The second-order valence-electron chi connectivity index (χ2n) is 9.62. The van der Waals surface area contributed by atoms with Crippen molar-refractivity contribution in [3.05, 3.63) is 71.9 Å². The average Bonchev–Trinajstić information content (AvgIpc) is 3.15. The van der Waals surface area contributed by atoms with Gasteiger partial charge in [0, 0.05) is 36.6 Å². The molecule has 1 aromatic heterocycles. The SMILES string of the molecule is CC(C)CNC(=O)C[C@@H](c1cn(Cc2ccccc2)c2ccccc12)C1CCCCC1. The molecule has 4 rings (SSSR count). The normalized spacial score (nSPS) is 16.0. The van der Waals surface area contributed by atoms with Crippen molar-refractivity contribution in [1.29, 1.82) is 0 Å². The molecule has 0 aliphatic heterocycles. The van der Waals surface area contributed by atoms with Crippen LogP contribution in [0.1, 0.15) is 69.4 Å². The van der Waals surface area contributed by atoms with Gasteiger partial charge in [0.2, 0.25) is 5.91 Å². The molecule has 164 valence electrons. The zero-order valence-electron chi connectivity index (χ0n) is 19.0. The molecule has 3 aromatic rings. The molecule has 0 unspecified atom stereocenters. The van der Waals surface area contributed by atoms with Crippen molar-refractivity contribution in [3.63, 3.8) is 0 Å². The van der Waals surface area contributed by atoms with E-state index in [1.807, 2.05) is 0 Å². The molecule has 1 heterocycles. The first kappa shape index (κ1) is 21.7. The monoisotopic (exact) mass is 416 g/mol. The highest BCUT2D eigenvalue weighted by Crippen LogP contribution is 2.41. The molecule has 1 fully saturated rings. The summed E-state index contributed by atoms with van der Waals surface area (Å²) in [5.74, 6) is 1.55. The molecule has 0 spiro atoms. The first-order chi connectivity index (χ1) is 15.1. The maximum Gasteiger partial charge on any atom is 0.220 e. The number of carbonyl (C=O) groups excluding carboxylic acids is 1. The summed E-state index contributed by atoms with van der Waals surface area (Å²) in [5, 5.41) is 4.48. The maximum absolute atomic E-state index is 12.9. The van der Waals surface area contributed by atoms with E-state index in [2.05, 4.69) is 84.5 Å². The van der Waals surface area contributed by atoms with Gasteiger partial charge in [-0.3, -0.25) is 4.79 Å². The number of nitrogens with one attached hydrogen (secondary N) is 1. The Kier molecular flexibility index (Phi) is 7.11. The molecule has 0 saturated heterocycles. The average molecular weight is 417 g/mol. The Morgan fingerprint density at radius 1 is 1.00 bits per heavy atom. The van der Waals surface area contributed by atoms with Crippen molar-refractivity contribution in [3.8, 4) is 0 Å². The number of amides is 1. The molecule has 0 radical (unpaired) electrons. The van der Waals surface area contributed by atoms with Crippen molar-refractivity contribution in [2.75, 3.05) is 6.54 Å². The molecule has 31 heavy (non-hydrogen) atoms. The summed E-state index contributed by atoms with van der Waals surface area (Å²) >= 11 is 0. The van der Waals surface area contributed by atoms with Crippen LogP contribution in [0.3, 0.4) is 0 Å². The minimum atomic E-state index is 0.198. The highest BCUT2D eigenvalue weighted by atomic mass is 16.1. The summed E-state index contributed by atoms with van der Waals surface area (Å²) in [5.41, 5.74) is 3.93. The van der Waals surface area contributed by atoms with Crippen LogP contribution in [-0.2, 0) is 11.3 Å². The molecule has 1 amide bonds. The van der Waals surface area contributed by atoms with E-state index in [1.54, 1.807) is 0 Å². The van der Waals surface area contributed by atoms with Gasteiger partial charge in [-0.2, -0.15) is 0 Å². The molecule has 1 N–H and O–H groups in total. The third-order valence-corrected chi connectivity index (χ3v) is 6.75. The zero-order chi connectivity index (χ0) is 21.6. The number of para-hydroxylation sites is 1. The van der Waals surface area contributed by atoms with Gasteiger partial charge >= 0.3 is 0 Å². The van der Waals surface area contributed by atoms with Crippen molar-refractivity contribution in [2.45, 2.75) is 64.8 Å². The lowest BCUT2D eigenvalue weighted by atomic mass is 9.75. The third kappa shape index (κ3) is 5.39. The summed E-state index contributed by atoms with van der Waals surface area (Å²) < 4.78 is 2.38. The Morgan fingerprint density at radius 2 is 1.71 bits per heavy atom. The Morgan fingerprint density at radius 3 is 2.45 bits per heavy atom. The van der Waals surface area contributed by atoms with Crippen molar-refractivity contribution in [2.24, 2.45) is 11.8 Å². The number of rotatable bonds is 8. The largest absolute Gasteiger partial charge is 0.356 e. The molecule has 2 aromatic carbocycles. The van der Waals surface area contributed by atoms with Gasteiger partial charge in [0.15, 0.2) is 0 Å². The van der Waals surface area contributed by atoms with Crippen molar-refractivity contribution < 1.29 is 4.79 Å². The molecule has 3 heteroatoms. The predicted octanol–water partition coefficient (Wildman–Crippen LogP) is 6.52. The van der Waals surface area contributed by atoms with Gasteiger partial charge in [0.05, 0.1) is 0 Å². The van der Waals surface area contributed by atoms with Crippen LogP contribution in [0.4, 0.5) is 0 Å². The van der Waals surface area contributed by atoms with Crippen LogP contribution in [0.5, 0.6) is 0 Å². The Labute approximate surface area is 186 Å². The Hall–Kier alpha value is -2.55. The van der Waals surface area contributed by atoms with E-state index >= 15 is 0 Å². The quantitative estimate of drug-likeness (QED) is 0.446. The highest BCUT2D eigenvalue weighted by molar-refractivity contribution is 5.86. The van der Waals surface area contributed by atoms with E-state index in [9.17, 15) is 4.79 Å². The first-order valence-corrected chi connectivity index (χ1v) is 12.0. The second kappa shape index (κ2) is 10.2. The smallest absolute Gasteiger partial charge is 0.220 e. The number of hydrogen-bond acceptors (Lipinski definition) is 1. The lowest BCUT2D eigenvalue weighted by molar-refractivity contribution is -0.122. The fourth-order valence-corrected chi connectivity index (χ4v) is 5.14. The fourth-order valence-electron chi connectivity index (χ4n) is 5.14. The van der Waals surface area contributed by atoms with Gasteiger partial charge in [-0.15, -0.1) is 0 Å². The van der Waals surface area contributed by atoms with Crippen molar-refractivity contribution >= 4 is 16.8 Å². The molecule has 1 aliphatic carbocycles. The van der Waals surface area contributed by atoms with E-state index in [0.717, 1.165) is 13.1 Å². The maximum atomic E-state index is 12.9. The number of carbonyl (C=O) groups is 1. The van der Waals surface area contributed by atoms with Crippen molar-refractivity contribution in [1.82, 2.24) is 9.88 Å². The topological polar surface area (TPSA) is 34.0 Å². The van der Waals surface area contributed by atoms with E-state index in [-0.39, 0.29) is 11.8 Å².